The molecule has 23 heavy (non-hydrogen) atoms. The summed E-state index contributed by atoms with van der Waals surface area (Å²) in [4.78, 5) is 12.4. The number of hydrogen-bond donors (Lipinski definition) is 2. The SMILES string of the molecule is COc1ccc(C(O)C(C)NC(=O)c2cc(C)ccc2C)cc1. The fourth-order valence-electron chi connectivity index (χ4n) is 2.43. The summed E-state index contributed by atoms with van der Waals surface area (Å²) in [5.41, 5.74) is 3.32. The molecule has 1 amide bonds. The average molecular weight is 313 g/mol. The molecule has 0 heterocycles. The first-order valence-corrected chi connectivity index (χ1v) is 7.62. The second kappa shape index (κ2) is 7.29. The standard InChI is InChI=1S/C19H23NO3/c1-12-5-6-13(2)17(11-12)19(22)20-14(3)18(21)15-7-9-16(23-4)10-8-15/h5-11,14,18,21H,1-4H3,(H,20,22). The highest BCUT2D eigenvalue weighted by atomic mass is 16.5. The van der Waals surface area contributed by atoms with Crippen molar-refractivity contribution in [3.8, 4) is 5.75 Å². The zero-order chi connectivity index (χ0) is 17.0. The van der Waals surface area contributed by atoms with E-state index in [0.29, 0.717) is 5.56 Å². The number of ether oxygens (including phenoxy) is 1. The van der Waals surface area contributed by atoms with Crippen molar-refractivity contribution in [1.82, 2.24) is 5.32 Å². The van der Waals surface area contributed by atoms with Crippen LogP contribution in [0.2, 0.25) is 0 Å². The summed E-state index contributed by atoms with van der Waals surface area (Å²) in [6.07, 6.45) is -0.782. The van der Waals surface area contributed by atoms with Crippen LogP contribution in [0, 0.1) is 13.8 Å². The van der Waals surface area contributed by atoms with Crippen LogP contribution < -0.4 is 10.1 Å². The second-order valence-electron chi connectivity index (χ2n) is 5.80. The van der Waals surface area contributed by atoms with E-state index in [9.17, 15) is 9.90 Å². The molecule has 0 bridgehead atoms. The highest BCUT2D eigenvalue weighted by molar-refractivity contribution is 5.96. The second-order valence-corrected chi connectivity index (χ2v) is 5.80. The third-order valence-electron chi connectivity index (χ3n) is 3.93. The number of aryl methyl sites for hydroxylation is 2. The van der Waals surface area contributed by atoms with E-state index in [1.165, 1.54) is 0 Å². The highest BCUT2D eigenvalue weighted by Gasteiger charge is 2.20. The third-order valence-corrected chi connectivity index (χ3v) is 3.93. The number of aliphatic hydroxyl groups excluding tert-OH is 1. The van der Waals surface area contributed by atoms with Crippen LogP contribution in [0.25, 0.3) is 0 Å². The Labute approximate surface area is 137 Å². The first kappa shape index (κ1) is 17.0. The van der Waals surface area contributed by atoms with Gasteiger partial charge in [0.05, 0.1) is 19.3 Å². The van der Waals surface area contributed by atoms with Crippen molar-refractivity contribution in [2.45, 2.75) is 32.9 Å². The molecular formula is C19H23NO3. The highest BCUT2D eigenvalue weighted by Crippen LogP contribution is 2.21. The fraction of sp³-hybridized carbons (Fsp3) is 0.316. The molecule has 0 saturated carbocycles. The van der Waals surface area contributed by atoms with Crippen molar-refractivity contribution in [3.63, 3.8) is 0 Å². The summed E-state index contributed by atoms with van der Waals surface area (Å²) in [5.74, 6) is 0.555. The predicted molar refractivity (Wildman–Crippen MR) is 90.8 cm³/mol. The largest absolute Gasteiger partial charge is 0.497 e. The van der Waals surface area contributed by atoms with Crippen molar-refractivity contribution in [2.75, 3.05) is 7.11 Å². The summed E-state index contributed by atoms with van der Waals surface area (Å²) in [5, 5.41) is 13.3. The van der Waals surface area contributed by atoms with Crippen LogP contribution >= 0.6 is 0 Å². The van der Waals surface area contributed by atoms with E-state index in [1.54, 1.807) is 38.3 Å². The van der Waals surface area contributed by atoms with Gasteiger partial charge < -0.3 is 15.2 Å². The van der Waals surface area contributed by atoms with Gasteiger partial charge in [0.2, 0.25) is 0 Å². The molecule has 0 radical (unpaired) electrons. The molecule has 0 spiro atoms. The summed E-state index contributed by atoms with van der Waals surface area (Å²) in [7, 11) is 1.60. The van der Waals surface area contributed by atoms with Crippen LogP contribution in [0.1, 0.15) is 40.1 Å². The van der Waals surface area contributed by atoms with Gasteiger partial charge in [0, 0.05) is 5.56 Å². The fourth-order valence-corrected chi connectivity index (χ4v) is 2.43. The molecule has 2 atom stereocenters. The lowest BCUT2D eigenvalue weighted by atomic mass is 10.0. The van der Waals surface area contributed by atoms with E-state index in [-0.39, 0.29) is 5.91 Å². The summed E-state index contributed by atoms with van der Waals surface area (Å²) < 4.78 is 5.10. The Bertz CT molecular complexity index is 680. The molecule has 2 rings (SSSR count). The van der Waals surface area contributed by atoms with Crippen LogP contribution in [0.15, 0.2) is 42.5 Å². The normalized spacial score (nSPS) is 13.3. The van der Waals surface area contributed by atoms with E-state index < -0.39 is 12.1 Å². The number of hydrogen-bond acceptors (Lipinski definition) is 3. The predicted octanol–water partition coefficient (Wildman–Crippen LogP) is 3.16. The van der Waals surface area contributed by atoms with Gasteiger partial charge in [-0.05, 0) is 50.1 Å². The monoisotopic (exact) mass is 313 g/mol. The zero-order valence-electron chi connectivity index (χ0n) is 14.0. The van der Waals surface area contributed by atoms with Gasteiger partial charge in [0.15, 0.2) is 0 Å². The molecule has 4 nitrogen and oxygen atoms in total. The van der Waals surface area contributed by atoms with Crippen LogP contribution in [-0.2, 0) is 0 Å². The van der Waals surface area contributed by atoms with Crippen LogP contribution in [0.3, 0.4) is 0 Å². The minimum absolute atomic E-state index is 0.175. The Morgan fingerprint density at radius 3 is 2.39 bits per heavy atom. The molecule has 0 aliphatic carbocycles. The maximum atomic E-state index is 12.4. The number of amides is 1. The van der Waals surface area contributed by atoms with E-state index in [2.05, 4.69) is 5.32 Å². The average Bonchev–Trinajstić information content (AvgIpc) is 2.56. The van der Waals surface area contributed by atoms with Crippen molar-refractivity contribution >= 4 is 5.91 Å². The lowest BCUT2D eigenvalue weighted by Crippen LogP contribution is -2.37. The Kier molecular flexibility index (Phi) is 5.40. The molecule has 0 saturated heterocycles. The maximum Gasteiger partial charge on any atom is 0.251 e. The van der Waals surface area contributed by atoms with E-state index >= 15 is 0 Å². The quantitative estimate of drug-likeness (QED) is 0.891. The Balaban J connectivity index is 2.09. The van der Waals surface area contributed by atoms with Crippen molar-refractivity contribution in [3.05, 3.63) is 64.7 Å². The Morgan fingerprint density at radius 2 is 1.78 bits per heavy atom. The van der Waals surface area contributed by atoms with Gasteiger partial charge in [0.25, 0.3) is 5.91 Å². The molecule has 0 aliphatic rings. The lowest BCUT2D eigenvalue weighted by molar-refractivity contribution is 0.0851. The van der Waals surface area contributed by atoms with Crippen molar-refractivity contribution in [1.29, 1.82) is 0 Å². The molecule has 4 heteroatoms. The molecule has 2 N–H and O–H groups in total. The molecule has 2 unspecified atom stereocenters. The molecular weight excluding hydrogens is 290 g/mol. The number of carbonyl (C=O) groups excluding carboxylic acids is 1. The number of nitrogens with one attached hydrogen (secondary N) is 1. The maximum absolute atomic E-state index is 12.4. The van der Waals surface area contributed by atoms with E-state index in [4.69, 9.17) is 4.74 Å². The molecule has 0 fully saturated rings. The lowest BCUT2D eigenvalue weighted by Gasteiger charge is -2.21. The minimum atomic E-state index is -0.782. The van der Waals surface area contributed by atoms with Gasteiger partial charge in [-0.1, -0.05) is 29.8 Å². The first-order valence-electron chi connectivity index (χ1n) is 7.62. The van der Waals surface area contributed by atoms with E-state index in [1.807, 2.05) is 32.0 Å². The minimum Gasteiger partial charge on any atom is -0.497 e. The van der Waals surface area contributed by atoms with Gasteiger partial charge in [-0.3, -0.25) is 4.79 Å². The molecule has 2 aromatic rings. The van der Waals surface area contributed by atoms with Gasteiger partial charge in [-0.15, -0.1) is 0 Å². The van der Waals surface area contributed by atoms with Crippen LogP contribution in [-0.4, -0.2) is 24.2 Å². The van der Waals surface area contributed by atoms with Crippen LogP contribution in [0.5, 0.6) is 5.75 Å². The number of carbonyl (C=O) groups is 1. The zero-order valence-corrected chi connectivity index (χ0v) is 14.0. The van der Waals surface area contributed by atoms with E-state index in [0.717, 1.165) is 22.4 Å². The Hall–Kier alpha value is -2.33. The molecule has 0 aliphatic heterocycles. The van der Waals surface area contributed by atoms with Gasteiger partial charge in [-0.25, -0.2) is 0 Å². The summed E-state index contributed by atoms with van der Waals surface area (Å²) >= 11 is 0. The first-order chi connectivity index (χ1) is 10.9. The van der Waals surface area contributed by atoms with Gasteiger partial charge in [-0.2, -0.15) is 0 Å². The number of methoxy groups -OCH3 is 1. The topological polar surface area (TPSA) is 58.6 Å². The van der Waals surface area contributed by atoms with Gasteiger partial charge in [0.1, 0.15) is 5.75 Å². The third kappa shape index (κ3) is 4.11. The Morgan fingerprint density at radius 1 is 1.13 bits per heavy atom. The number of aliphatic hydroxyl groups is 1. The summed E-state index contributed by atoms with van der Waals surface area (Å²) in [6.45, 7) is 5.64. The molecule has 0 aromatic heterocycles. The number of rotatable bonds is 5. The molecule has 2 aromatic carbocycles. The van der Waals surface area contributed by atoms with Crippen LogP contribution in [0.4, 0.5) is 0 Å². The molecule has 122 valence electrons. The smallest absolute Gasteiger partial charge is 0.251 e. The van der Waals surface area contributed by atoms with Crippen molar-refractivity contribution < 1.29 is 14.6 Å². The number of benzene rings is 2. The van der Waals surface area contributed by atoms with Crippen molar-refractivity contribution in [2.24, 2.45) is 0 Å². The summed E-state index contributed by atoms with van der Waals surface area (Å²) in [6, 6.07) is 12.5. The van der Waals surface area contributed by atoms with Gasteiger partial charge >= 0.3 is 0 Å².